The van der Waals surface area contributed by atoms with E-state index in [0.29, 0.717) is 17.0 Å². The standard InChI is InChI=1S/C13H16BrN5/c1-13(2)6-8(13)7-19-12(16-17-18-19)10-5-9(15)3-4-11(10)14/h3-5,8H,6-7,15H2,1-2H3. The lowest BCUT2D eigenvalue weighted by atomic mass is 10.1. The third-order valence-electron chi connectivity index (χ3n) is 3.87. The van der Waals surface area contributed by atoms with Crippen LogP contribution in [0.5, 0.6) is 0 Å². The molecule has 1 heterocycles. The fourth-order valence-corrected chi connectivity index (χ4v) is 2.76. The van der Waals surface area contributed by atoms with E-state index in [0.717, 1.165) is 22.4 Å². The van der Waals surface area contributed by atoms with Crippen molar-refractivity contribution < 1.29 is 0 Å². The van der Waals surface area contributed by atoms with Crippen LogP contribution in [-0.4, -0.2) is 20.2 Å². The number of hydrogen-bond acceptors (Lipinski definition) is 4. The SMILES string of the molecule is CC1(C)CC1Cn1nnnc1-c1cc(N)ccc1Br. The van der Waals surface area contributed by atoms with E-state index in [1.807, 2.05) is 22.9 Å². The molecule has 2 N–H and O–H groups in total. The third kappa shape index (κ3) is 2.36. The molecule has 3 rings (SSSR count). The van der Waals surface area contributed by atoms with Crippen molar-refractivity contribution in [3.8, 4) is 11.4 Å². The van der Waals surface area contributed by atoms with Gasteiger partial charge in [0.2, 0.25) is 0 Å². The van der Waals surface area contributed by atoms with Gasteiger partial charge in [-0.1, -0.05) is 29.8 Å². The molecule has 0 aliphatic heterocycles. The minimum atomic E-state index is 0.413. The first-order valence-electron chi connectivity index (χ1n) is 6.29. The monoisotopic (exact) mass is 321 g/mol. The predicted molar refractivity (Wildman–Crippen MR) is 77.3 cm³/mol. The summed E-state index contributed by atoms with van der Waals surface area (Å²) in [5, 5.41) is 12.0. The van der Waals surface area contributed by atoms with Crippen LogP contribution in [0.15, 0.2) is 22.7 Å². The van der Waals surface area contributed by atoms with Gasteiger partial charge < -0.3 is 5.73 Å². The van der Waals surface area contributed by atoms with Crippen LogP contribution in [0.3, 0.4) is 0 Å². The van der Waals surface area contributed by atoms with Gasteiger partial charge in [-0.2, -0.15) is 0 Å². The number of hydrogen-bond donors (Lipinski definition) is 1. The molecule has 2 aromatic rings. The molecule has 0 spiro atoms. The minimum Gasteiger partial charge on any atom is -0.399 e. The van der Waals surface area contributed by atoms with Gasteiger partial charge in [0, 0.05) is 22.3 Å². The molecule has 0 amide bonds. The topological polar surface area (TPSA) is 69.6 Å². The summed E-state index contributed by atoms with van der Waals surface area (Å²) >= 11 is 3.53. The Kier molecular flexibility index (Phi) is 2.85. The Labute approximate surface area is 120 Å². The summed E-state index contributed by atoms with van der Waals surface area (Å²) in [4.78, 5) is 0. The first-order chi connectivity index (χ1) is 8.97. The van der Waals surface area contributed by atoms with Gasteiger partial charge in [-0.15, -0.1) is 5.10 Å². The van der Waals surface area contributed by atoms with Gasteiger partial charge >= 0.3 is 0 Å². The van der Waals surface area contributed by atoms with Crippen molar-refractivity contribution in [2.75, 3.05) is 5.73 Å². The van der Waals surface area contributed by atoms with E-state index in [-0.39, 0.29) is 0 Å². The van der Waals surface area contributed by atoms with Crippen LogP contribution in [0.4, 0.5) is 5.69 Å². The molecule has 19 heavy (non-hydrogen) atoms. The lowest BCUT2D eigenvalue weighted by Gasteiger charge is -2.08. The second-order valence-corrected chi connectivity index (χ2v) is 6.67. The van der Waals surface area contributed by atoms with Gasteiger partial charge in [0.25, 0.3) is 0 Å². The summed E-state index contributed by atoms with van der Waals surface area (Å²) in [5.41, 5.74) is 7.90. The van der Waals surface area contributed by atoms with Crippen LogP contribution in [0.2, 0.25) is 0 Å². The second-order valence-electron chi connectivity index (χ2n) is 5.81. The Hall–Kier alpha value is -1.43. The van der Waals surface area contributed by atoms with Gasteiger partial charge in [0.1, 0.15) is 0 Å². The Morgan fingerprint density at radius 3 is 2.89 bits per heavy atom. The molecule has 0 saturated heterocycles. The van der Waals surface area contributed by atoms with Crippen molar-refractivity contribution in [3.05, 3.63) is 22.7 Å². The summed E-state index contributed by atoms with van der Waals surface area (Å²) < 4.78 is 2.83. The molecule has 1 aromatic heterocycles. The molecular weight excluding hydrogens is 306 g/mol. The zero-order chi connectivity index (χ0) is 13.6. The molecule has 0 radical (unpaired) electrons. The second kappa shape index (κ2) is 4.30. The predicted octanol–water partition coefficient (Wildman–Crippen LogP) is 2.73. The maximum Gasteiger partial charge on any atom is 0.183 e. The number of tetrazole rings is 1. The van der Waals surface area contributed by atoms with Crippen molar-refractivity contribution in [1.29, 1.82) is 0 Å². The van der Waals surface area contributed by atoms with Crippen LogP contribution >= 0.6 is 15.9 Å². The summed E-state index contributed by atoms with van der Waals surface area (Å²) in [7, 11) is 0. The zero-order valence-corrected chi connectivity index (χ0v) is 12.6. The molecule has 1 unspecified atom stereocenters. The van der Waals surface area contributed by atoms with Crippen molar-refractivity contribution >= 4 is 21.6 Å². The smallest absolute Gasteiger partial charge is 0.183 e. The van der Waals surface area contributed by atoms with E-state index in [9.17, 15) is 0 Å². The molecule has 1 aromatic carbocycles. The maximum absolute atomic E-state index is 5.84. The summed E-state index contributed by atoms with van der Waals surface area (Å²) in [6, 6.07) is 5.67. The molecule has 100 valence electrons. The fourth-order valence-electron chi connectivity index (χ4n) is 2.33. The number of anilines is 1. The van der Waals surface area contributed by atoms with Crippen molar-refractivity contribution in [2.45, 2.75) is 26.8 Å². The summed E-state index contributed by atoms with van der Waals surface area (Å²) in [6.45, 7) is 5.41. The van der Waals surface area contributed by atoms with E-state index < -0.39 is 0 Å². The average molecular weight is 322 g/mol. The molecule has 1 fully saturated rings. The van der Waals surface area contributed by atoms with Crippen LogP contribution < -0.4 is 5.73 Å². The van der Waals surface area contributed by atoms with Crippen LogP contribution in [0.25, 0.3) is 11.4 Å². The quantitative estimate of drug-likeness (QED) is 0.882. The molecule has 6 heteroatoms. The number of halogens is 1. The fraction of sp³-hybridized carbons (Fsp3) is 0.462. The van der Waals surface area contributed by atoms with Gasteiger partial charge in [-0.05, 0) is 46.4 Å². The Morgan fingerprint density at radius 2 is 2.21 bits per heavy atom. The lowest BCUT2D eigenvalue weighted by Crippen LogP contribution is -2.08. The minimum absolute atomic E-state index is 0.413. The molecule has 1 aliphatic carbocycles. The number of aromatic nitrogens is 4. The normalized spacial score (nSPS) is 20.5. The first-order valence-corrected chi connectivity index (χ1v) is 7.08. The van der Waals surface area contributed by atoms with E-state index >= 15 is 0 Å². The average Bonchev–Trinajstić information content (AvgIpc) is 2.75. The van der Waals surface area contributed by atoms with Gasteiger partial charge in [-0.25, -0.2) is 4.68 Å². The highest BCUT2D eigenvalue weighted by Crippen LogP contribution is 2.52. The number of benzene rings is 1. The lowest BCUT2D eigenvalue weighted by molar-refractivity contribution is 0.467. The Bertz CT molecular complexity index is 619. The molecule has 1 saturated carbocycles. The highest BCUT2D eigenvalue weighted by atomic mass is 79.9. The van der Waals surface area contributed by atoms with E-state index in [2.05, 4.69) is 45.3 Å². The van der Waals surface area contributed by atoms with Gasteiger partial charge in [0.15, 0.2) is 5.82 Å². The number of rotatable bonds is 3. The van der Waals surface area contributed by atoms with Crippen molar-refractivity contribution in [3.63, 3.8) is 0 Å². The van der Waals surface area contributed by atoms with Gasteiger partial charge in [0.05, 0.1) is 0 Å². The zero-order valence-electron chi connectivity index (χ0n) is 11.0. The number of nitrogens with zero attached hydrogens (tertiary/aromatic N) is 4. The highest BCUT2D eigenvalue weighted by molar-refractivity contribution is 9.10. The van der Waals surface area contributed by atoms with E-state index in [1.165, 1.54) is 6.42 Å². The number of nitrogen functional groups attached to an aromatic ring is 1. The number of nitrogens with two attached hydrogens (primary N) is 1. The first kappa shape index (κ1) is 12.6. The third-order valence-corrected chi connectivity index (χ3v) is 4.57. The summed E-state index contributed by atoms with van der Waals surface area (Å²) in [5.74, 6) is 1.41. The largest absolute Gasteiger partial charge is 0.399 e. The Morgan fingerprint density at radius 1 is 1.47 bits per heavy atom. The summed E-state index contributed by atoms with van der Waals surface area (Å²) in [6.07, 6.45) is 1.23. The van der Waals surface area contributed by atoms with Crippen LogP contribution in [0, 0.1) is 11.3 Å². The molecule has 1 aliphatic rings. The molecule has 0 bridgehead atoms. The highest BCUT2D eigenvalue weighted by Gasteiger charge is 2.46. The molecular formula is C13H16BrN5. The van der Waals surface area contributed by atoms with Crippen LogP contribution in [0.1, 0.15) is 20.3 Å². The maximum atomic E-state index is 5.84. The van der Waals surface area contributed by atoms with E-state index in [4.69, 9.17) is 5.73 Å². The molecule has 1 atom stereocenters. The van der Waals surface area contributed by atoms with Crippen LogP contribution in [-0.2, 0) is 6.54 Å². The van der Waals surface area contributed by atoms with Crippen molar-refractivity contribution in [1.82, 2.24) is 20.2 Å². The van der Waals surface area contributed by atoms with Crippen molar-refractivity contribution in [2.24, 2.45) is 11.3 Å². The molecule has 5 nitrogen and oxygen atoms in total. The van der Waals surface area contributed by atoms with E-state index in [1.54, 1.807) is 0 Å². The van der Waals surface area contributed by atoms with Gasteiger partial charge in [-0.3, -0.25) is 0 Å². The Balaban J connectivity index is 1.93.